The van der Waals surface area contributed by atoms with E-state index in [1.807, 2.05) is 6.92 Å². The summed E-state index contributed by atoms with van der Waals surface area (Å²) in [5.74, 6) is -1.35. The van der Waals surface area contributed by atoms with Crippen molar-refractivity contribution in [1.29, 1.82) is 0 Å². The number of hydrogen-bond donors (Lipinski definition) is 2. The van der Waals surface area contributed by atoms with Crippen molar-refractivity contribution in [3.8, 4) is 5.75 Å². The van der Waals surface area contributed by atoms with E-state index in [4.69, 9.17) is 0 Å². The molecule has 2 aromatic carbocycles. The van der Waals surface area contributed by atoms with Gasteiger partial charge in [-0.15, -0.1) is 0 Å². The Hall–Kier alpha value is -2.82. The number of amides is 1. The van der Waals surface area contributed by atoms with E-state index in [-0.39, 0.29) is 11.7 Å². The summed E-state index contributed by atoms with van der Waals surface area (Å²) < 4.78 is 0. The van der Waals surface area contributed by atoms with Gasteiger partial charge in [0.15, 0.2) is 0 Å². The van der Waals surface area contributed by atoms with Crippen LogP contribution in [0, 0.1) is 0 Å². The number of anilines is 1. The molecule has 0 aliphatic carbocycles. The predicted molar refractivity (Wildman–Crippen MR) is 85.7 cm³/mol. The van der Waals surface area contributed by atoms with Crippen LogP contribution in [0.2, 0.25) is 0 Å². The number of carboxylic acid groups (broad SMARTS) is 1. The molecule has 23 heavy (non-hydrogen) atoms. The fourth-order valence-corrected chi connectivity index (χ4v) is 2.96. The van der Waals surface area contributed by atoms with Gasteiger partial charge in [0.2, 0.25) is 0 Å². The van der Waals surface area contributed by atoms with E-state index in [2.05, 4.69) is 0 Å². The number of aliphatic carboxylic acids is 1. The van der Waals surface area contributed by atoms with Crippen LogP contribution in [0.5, 0.6) is 5.75 Å². The third-order valence-corrected chi connectivity index (χ3v) is 4.21. The van der Waals surface area contributed by atoms with Crippen LogP contribution in [-0.2, 0) is 11.3 Å². The molecule has 1 aliphatic heterocycles. The van der Waals surface area contributed by atoms with Crippen molar-refractivity contribution in [1.82, 2.24) is 0 Å². The van der Waals surface area contributed by atoms with Crippen LogP contribution < -0.4 is 4.90 Å². The van der Waals surface area contributed by atoms with Gasteiger partial charge in [-0.2, -0.15) is 0 Å². The maximum absolute atomic E-state index is 12.4. The van der Waals surface area contributed by atoms with E-state index < -0.39 is 11.9 Å². The standard InChI is InChI=1S/C18H17NO4/c1-2-15(18(22)23)11-3-5-13(6-4-11)19-10-12-9-14(20)7-8-16(12)17(19)21/h3-9,15,20H,2,10H2,1H3,(H,22,23). The molecule has 118 valence electrons. The molecule has 1 heterocycles. The maximum Gasteiger partial charge on any atom is 0.310 e. The molecule has 1 amide bonds. The van der Waals surface area contributed by atoms with Crippen LogP contribution in [0.3, 0.4) is 0 Å². The Morgan fingerprint density at radius 2 is 1.91 bits per heavy atom. The van der Waals surface area contributed by atoms with Gasteiger partial charge in [0.05, 0.1) is 12.5 Å². The minimum Gasteiger partial charge on any atom is -0.508 e. The molecule has 2 N–H and O–H groups in total. The third-order valence-electron chi connectivity index (χ3n) is 4.21. The summed E-state index contributed by atoms with van der Waals surface area (Å²) in [4.78, 5) is 25.3. The number of benzene rings is 2. The highest BCUT2D eigenvalue weighted by Gasteiger charge is 2.29. The van der Waals surface area contributed by atoms with Crippen LogP contribution >= 0.6 is 0 Å². The van der Waals surface area contributed by atoms with Crippen molar-refractivity contribution in [2.75, 3.05) is 4.90 Å². The van der Waals surface area contributed by atoms with Gasteiger partial charge in [-0.1, -0.05) is 19.1 Å². The summed E-state index contributed by atoms with van der Waals surface area (Å²) in [6.07, 6.45) is 0.516. The lowest BCUT2D eigenvalue weighted by Crippen LogP contribution is -2.23. The molecular formula is C18H17NO4. The first-order chi connectivity index (χ1) is 11.0. The predicted octanol–water partition coefficient (Wildman–Crippen LogP) is 3.13. The highest BCUT2D eigenvalue weighted by molar-refractivity contribution is 6.10. The second-order valence-corrected chi connectivity index (χ2v) is 5.62. The molecule has 0 saturated heterocycles. The minimum absolute atomic E-state index is 0.113. The maximum atomic E-state index is 12.4. The molecule has 0 radical (unpaired) electrons. The van der Waals surface area contributed by atoms with Gasteiger partial charge < -0.3 is 15.1 Å². The van der Waals surface area contributed by atoms with Crippen LogP contribution in [0.25, 0.3) is 0 Å². The van der Waals surface area contributed by atoms with E-state index in [0.29, 0.717) is 18.5 Å². The quantitative estimate of drug-likeness (QED) is 0.909. The second-order valence-electron chi connectivity index (χ2n) is 5.62. The molecule has 0 aromatic heterocycles. The van der Waals surface area contributed by atoms with Crippen LogP contribution in [0.4, 0.5) is 5.69 Å². The fourth-order valence-electron chi connectivity index (χ4n) is 2.96. The largest absolute Gasteiger partial charge is 0.508 e. The Labute approximate surface area is 133 Å². The topological polar surface area (TPSA) is 77.8 Å². The third kappa shape index (κ3) is 2.65. The van der Waals surface area contributed by atoms with E-state index in [0.717, 1.165) is 16.8 Å². The lowest BCUT2D eigenvalue weighted by atomic mass is 9.96. The first kappa shape index (κ1) is 15.1. The van der Waals surface area contributed by atoms with Gasteiger partial charge >= 0.3 is 5.97 Å². The van der Waals surface area contributed by atoms with E-state index in [1.165, 1.54) is 6.07 Å². The number of carbonyl (C=O) groups excluding carboxylic acids is 1. The first-order valence-corrected chi connectivity index (χ1v) is 7.47. The lowest BCUT2D eigenvalue weighted by Gasteiger charge is -2.17. The summed E-state index contributed by atoms with van der Waals surface area (Å²) in [6, 6.07) is 11.8. The molecule has 1 unspecified atom stereocenters. The summed E-state index contributed by atoms with van der Waals surface area (Å²) >= 11 is 0. The van der Waals surface area contributed by atoms with Crippen molar-refractivity contribution < 1.29 is 19.8 Å². The number of phenolic OH excluding ortho intramolecular Hbond substituents is 1. The Kier molecular flexibility index (Phi) is 3.78. The summed E-state index contributed by atoms with van der Waals surface area (Å²) in [5.41, 5.74) is 2.82. The van der Waals surface area contributed by atoms with Gasteiger partial charge in [0.25, 0.3) is 5.91 Å². The average molecular weight is 311 g/mol. The van der Waals surface area contributed by atoms with Crippen LogP contribution in [0.1, 0.15) is 40.7 Å². The number of carbonyl (C=O) groups is 2. The summed E-state index contributed by atoms with van der Waals surface area (Å²) in [5, 5.41) is 18.7. The molecule has 0 fully saturated rings. The van der Waals surface area contributed by atoms with Crippen molar-refractivity contribution >= 4 is 17.6 Å². The normalized spacial score (nSPS) is 14.7. The Bertz CT molecular complexity index is 767. The molecule has 2 aromatic rings. The zero-order valence-electron chi connectivity index (χ0n) is 12.7. The van der Waals surface area contributed by atoms with Gasteiger partial charge in [0, 0.05) is 11.3 Å². The Balaban J connectivity index is 1.87. The van der Waals surface area contributed by atoms with Gasteiger partial charge in [0.1, 0.15) is 5.75 Å². The van der Waals surface area contributed by atoms with Crippen molar-refractivity contribution in [3.63, 3.8) is 0 Å². The average Bonchev–Trinajstić information content (AvgIpc) is 2.84. The van der Waals surface area contributed by atoms with Crippen molar-refractivity contribution in [2.24, 2.45) is 0 Å². The number of hydrogen-bond acceptors (Lipinski definition) is 3. The van der Waals surface area contributed by atoms with Gasteiger partial charge in [-0.05, 0) is 47.9 Å². The fraction of sp³-hybridized carbons (Fsp3) is 0.222. The monoisotopic (exact) mass is 311 g/mol. The molecule has 0 bridgehead atoms. The van der Waals surface area contributed by atoms with Gasteiger partial charge in [-0.25, -0.2) is 0 Å². The molecular weight excluding hydrogens is 294 g/mol. The summed E-state index contributed by atoms with van der Waals surface area (Å²) in [7, 11) is 0. The number of carboxylic acids is 1. The van der Waals surface area contributed by atoms with E-state index >= 15 is 0 Å². The number of fused-ring (bicyclic) bond motifs is 1. The zero-order chi connectivity index (χ0) is 16.6. The van der Waals surface area contributed by atoms with Gasteiger partial charge in [-0.3, -0.25) is 9.59 Å². The van der Waals surface area contributed by atoms with Crippen LogP contribution in [-0.4, -0.2) is 22.1 Å². The van der Waals surface area contributed by atoms with Crippen LogP contribution in [0.15, 0.2) is 42.5 Å². The first-order valence-electron chi connectivity index (χ1n) is 7.47. The highest BCUT2D eigenvalue weighted by atomic mass is 16.4. The molecule has 0 saturated carbocycles. The molecule has 5 nitrogen and oxygen atoms in total. The number of phenols is 1. The number of nitrogens with zero attached hydrogens (tertiary/aromatic N) is 1. The second kappa shape index (κ2) is 5.76. The molecule has 1 atom stereocenters. The smallest absolute Gasteiger partial charge is 0.310 e. The molecule has 1 aliphatic rings. The van der Waals surface area contributed by atoms with E-state index in [1.54, 1.807) is 41.3 Å². The Morgan fingerprint density at radius 3 is 2.52 bits per heavy atom. The number of rotatable bonds is 4. The minimum atomic E-state index is -0.847. The van der Waals surface area contributed by atoms with E-state index in [9.17, 15) is 19.8 Å². The zero-order valence-corrected chi connectivity index (χ0v) is 12.7. The molecule has 5 heteroatoms. The summed E-state index contributed by atoms with van der Waals surface area (Å²) in [6.45, 7) is 2.23. The SMILES string of the molecule is CCC(C(=O)O)c1ccc(N2Cc3cc(O)ccc3C2=O)cc1. The molecule has 0 spiro atoms. The number of aromatic hydroxyl groups is 1. The molecule has 3 rings (SSSR count). The highest BCUT2D eigenvalue weighted by Crippen LogP contribution is 2.31. The van der Waals surface area contributed by atoms with Crippen molar-refractivity contribution in [2.45, 2.75) is 25.8 Å². The Morgan fingerprint density at radius 1 is 1.22 bits per heavy atom. The van der Waals surface area contributed by atoms with Crippen molar-refractivity contribution in [3.05, 3.63) is 59.2 Å². The lowest BCUT2D eigenvalue weighted by molar-refractivity contribution is -0.138.